The van der Waals surface area contributed by atoms with Crippen LogP contribution in [0.5, 0.6) is 0 Å². The van der Waals surface area contributed by atoms with Crippen LogP contribution >= 0.6 is 0 Å². The fourth-order valence-corrected chi connectivity index (χ4v) is 1.78. The minimum absolute atomic E-state index is 0.0445. The van der Waals surface area contributed by atoms with Crippen molar-refractivity contribution in [1.82, 2.24) is 10.3 Å². The zero-order valence-corrected chi connectivity index (χ0v) is 9.85. The molecule has 1 N–H and O–H groups in total. The molecule has 0 saturated heterocycles. The largest absolute Gasteiger partial charge is 0.311 e. The highest BCUT2D eigenvalue weighted by Crippen LogP contribution is 2.15. The minimum atomic E-state index is 0.0445. The second-order valence-corrected chi connectivity index (χ2v) is 4.15. The Morgan fingerprint density at radius 2 is 2.18 bits per heavy atom. The van der Waals surface area contributed by atoms with Crippen LogP contribution in [0.2, 0.25) is 0 Å². The van der Waals surface area contributed by atoms with Crippen LogP contribution < -0.4 is 5.32 Å². The van der Waals surface area contributed by atoms with E-state index in [1.807, 2.05) is 37.4 Å². The van der Waals surface area contributed by atoms with Crippen LogP contribution in [0.25, 0.3) is 10.9 Å². The number of fused-ring (bicyclic) bond motifs is 1. The number of benzene rings is 1. The van der Waals surface area contributed by atoms with Crippen molar-refractivity contribution in [2.24, 2.45) is 5.92 Å². The number of nitrogens with one attached hydrogen (secondary N) is 1. The Balaban J connectivity index is 2.11. The van der Waals surface area contributed by atoms with Crippen molar-refractivity contribution in [2.75, 3.05) is 6.54 Å². The van der Waals surface area contributed by atoms with Crippen molar-refractivity contribution in [3.8, 4) is 6.07 Å². The Labute approximate surface area is 101 Å². The number of hydrogen-bond acceptors (Lipinski definition) is 3. The van der Waals surface area contributed by atoms with Gasteiger partial charge in [0, 0.05) is 24.7 Å². The highest BCUT2D eigenvalue weighted by molar-refractivity contribution is 5.81. The number of rotatable bonds is 4. The summed E-state index contributed by atoms with van der Waals surface area (Å²) in [6, 6.07) is 12.3. The van der Waals surface area contributed by atoms with Gasteiger partial charge in [-0.2, -0.15) is 5.26 Å². The first-order valence-electron chi connectivity index (χ1n) is 5.74. The van der Waals surface area contributed by atoms with E-state index in [1.165, 1.54) is 10.9 Å². The molecule has 3 heteroatoms. The summed E-state index contributed by atoms with van der Waals surface area (Å²) in [5.74, 6) is 0.0445. The standard InChI is InChI=1S/C14H15N3/c1-11(8-15)9-16-10-12-6-7-17-14-5-3-2-4-13(12)14/h2-7,11,16H,9-10H2,1H3. The van der Waals surface area contributed by atoms with Crippen molar-refractivity contribution >= 4 is 10.9 Å². The highest BCUT2D eigenvalue weighted by atomic mass is 14.9. The van der Waals surface area contributed by atoms with Crippen LogP contribution in [-0.4, -0.2) is 11.5 Å². The van der Waals surface area contributed by atoms with Gasteiger partial charge in [-0.3, -0.25) is 4.98 Å². The van der Waals surface area contributed by atoms with Gasteiger partial charge in [0.25, 0.3) is 0 Å². The molecular weight excluding hydrogens is 210 g/mol. The van der Waals surface area contributed by atoms with Crippen LogP contribution in [0.1, 0.15) is 12.5 Å². The lowest BCUT2D eigenvalue weighted by Gasteiger charge is -2.08. The predicted octanol–water partition coefficient (Wildman–Crippen LogP) is 2.48. The lowest BCUT2D eigenvalue weighted by Crippen LogP contribution is -2.19. The molecule has 86 valence electrons. The molecule has 1 aromatic carbocycles. The van der Waals surface area contributed by atoms with Crippen LogP contribution in [0.15, 0.2) is 36.5 Å². The normalized spacial score (nSPS) is 12.2. The van der Waals surface area contributed by atoms with Crippen molar-refractivity contribution in [2.45, 2.75) is 13.5 Å². The average Bonchev–Trinajstić information content (AvgIpc) is 2.39. The molecule has 0 aliphatic heterocycles. The van der Waals surface area contributed by atoms with Crippen LogP contribution in [0.3, 0.4) is 0 Å². The summed E-state index contributed by atoms with van der Waals surface area (Å²) in [5.41, 5.74) is 2.24. The SMILES string of the molecule is CC(C#N)CNCc1ccnc2ccccc12. The van der Waals surface area contributed by atoms with Gasteiger partial charge in [0.2, 0.25) is 0 Å². The van der Waals surface area contributed by atoms with E-state index in [4.69, 9.17) is 5.26 Å². The summed E-state index contributed by atoms with van der Waals surface area (Å²) >= 11 is 0. The fraction of sp³-hybridized carbons (Fsp3) is 0.286. The Morgan fingerprint density at radius 1 is 1.35 bits per heavy atom. The highest BCUT2D eigenvalue weighted by Gasteiger charge is 2.02. The molecule has 2 aromatic rings. The van der Waals surface area contributed by atoms with Crippen LogP contribution in [0.4, 0.5) is 0 Å². The van der Waals surface area contributed by atoms with E-state index < -0.39 is 0 Å². The summed E-state index contributed by atoms with van der Waals surface area (Å²) in [5, 5.41) is 13.2. The quantitative estimate of drug-likeness (QED) is 0.869. The van der Waals surface area contributed by atoms with Crippen molar-refractivity contribution in [3.63, 3.8) is 0 Å². The summed E-state index contributed by atoms with van der Waals surface area (Å²) in [6.45, 7) is 3.40. The number of nitriles is 1. The smallest absolute Gasteiger partial charge is 0.0705 e. The summed E-state index contributed by atoms with van der Waals surface area (Å²) in [7, 11) is 0. The predicted molar refractivity (Wildman–Crippen MR) is 68.2 cm³/mol. The topological polar surface area (TPSA) is 48.7 Å². The number of aromatic nitrogens is 1. The van der Waals surface area contributed by atoms with E-state index >= 15 is 0 Å². The van der Waals surface area contributed by atoms with Gasteiger partial charge < -0.3 is 5.32 Å². The van der Waals surface area contributed by atoms with E-state index in [0.29, 0.717) is 6.54 Å². The molecule has 0 spiro atoms. The number of pyridine rings is 1. The average molecular weight is 225 g/mol. The Kier molecular flexibility index (Phi) is 3.69. The molecule has 3 nitrogen and oxygen atoms in total. The molecule has 0 radical (unpaired) electrons. The lowest BCUT2D eigenvalue weighted by atomic mass is 10.1. The Bertz CT molecular complexity index is 537. The molecular formula is C14H15N3. The van der Waals surface area contributed by atoms with Gasteiger partial charge in [-0.1, -0.05) is 18.2 Å². The fourth-order valence-electron chi connectivity index (χ4n) is 1.78. The van der Waals surface area contributed by atoms with Crippen molar-refractivity contribution < 1.29 is 0 Å². The third-order valence-corrected chi connectivity index (χ3v) is 2.73. The first-order chi connectivity index (χ1) is 8.31. The lowest BCUT2D eigenvalue weighted by molar-refractivity contribution is 0.603. The zero-order valence-electron chi connectivity index (χ0n) is 9.85. The third-order valence-electron chi connectivity index (χ3n) is 2.73. The summed E-state index contributed by atoms with van der Waals surface area (Å²) in [4.78, 5) is 4.32. The van der Waals surface area contributed by atoms with Gasteiger partial charge in [0.1, 0.15) is 0 Å². The molecule has 17 heavy (non-hydrogen) atoms. The molecule has 1 atom stereocenters. The van der Waals surface area contributed by atoms with Crippen molar-refractivity contribution in [1.29, 1.82) is 5.26 Å². The molecule has 0 amide bonds. The van der Waals surface area contributed by atoms with Gasteiger partial charge in [0.15, 0.2) is 0 Å². The van der Waals surface area contributed by atoms with Gasteiger partial charge in [-0.15, -0.1) is 0 Å². The second-order valence-electron chi connectivity index (χ2n) is 4.15. The number of nitrogens with zero attached hydrogens (tertiary/aromatic N) is 2. The molecule has 1 unspecified atom stereocenters. The first kappa shape index (κ1) is 11.6. The molecule has 1 heterocycles. The summed E-state index contributed by atoms with van der Waals surface area (Å²) < 4.78 is 0. The number of para-hydroxylation sites is 1. The van der Waals surface area contributed by atoms with E-state index in [-0.39, 0.29) is 5.92 Å². The third kappa shape index (κ3) is 2.80. The maximum atomic E-state index is 8.70. The molecule has 2 rings (SSSR count). The molecule has 0 aliphatic carbocycles. The van der Waals surface area contributed by atoms with Gasteiger partial charge >= 0.3 is 0 Å². The Morgan fingerprint density at radius 3 is 3.00 bits per heavy atom. The minimum Gasteiger partial charge on any atom is -0.311 e. The van der Waals surface area contributed by atoms with E-state index in [2.05, 4.69) is 22.4 Å². The van der Waals surface area contributed by atoms with Crippen LogP contribution in [0, 0.1) is 17.2 Å². The Hall–Kier alpha value is -1.92. The second kappa shape index (κ2) is 5.42. The van der Waals surface area contributed by atoms with Crippen LogP contribution in [-0.2, 0) is 6.54 Å². The summed E-state index contributed by atoms with van der Waals surface area (Å²) in [6.07, 6.45) is 1.83. The van der Waals surface area contributed by atoms with Gasteiger partial charge in [-0.25, -0.2) is 0 Å². The van der Waals surface area contributed by atoms with Gasteiger partial charge in [0.05, 0.1) is 17.5 Å². The molecule has 0 fully saturated rings. The van der Waals surface area contributed by atoms with E-state index in [1.54, 1.807) is 0 Å². The van der Waals surface area contributed by atoms with Crippen molar-refractivity contribution in [3.05, 3.63) is 42.1 Å². The molecule has 0 aliphatic rings. The number of hydrogen-bond donors (Lipinski definition) is 1. The van der Waals surface area contributed by atoms with E-state index in [0.717, 1.165) is 12.1 Å². The zero-order chi connectivity index (χ0) is 12.1. The maximum Gasteiger partial charge on any atom is 0.0705 e. The van der Waals surface area contributed by atoms with Gasteiger partial charge in [-0.05, 0) is 24.6 Å². The maximum absolute atomic E-state index is 8.70. The monoisotopic (exact) mass is 225 g/mol. The molecule has 0 saturated carbocycles. The first-order valence-corrected chi connectivity index (χ1v) is 5.74. The molecule has 0 bridgehead atoms. The van der Waals surface area contributed by atoms with E-state index in [9.17, 15) is 0 Å². The molecule has 1 aromatic heterocycles.